The number of benzene rings is 1. The van der Waals surface area contributed by atoms with Crippen LogP contribution in [0.1, 0.15) is 0 Å². The summed E-state index contributed by atoms with van der Waals surface area (Å²) in [6.45, 7) is 0. The Balaban J connectivity index is 2.22. The first kappa shape index (κ1) is 13.6. The number of carbonyl (C=O) groups excluding carboxylic acids is 2. The third-order valence-electron chi connectivity index (χ3n) is 2.18. The number of para-hydroxylation sites is 1. The molecule has 0 unspecified atom stereocenters. The summed E-state index contributed by atoms with van der Waals surface area (Å²) in [6.07, 6.45) is 1.12. The fraction of sp³-hybridized carbons (Fsp3) is 0.0833. The minimum atomic E-state index is -0.586. The van der Waals surface area contributed by atoms with Crippen molar-refractivity contribution < 1.29 is 14.3 Å². The van der Waals surface area contributed by atoms with Crippen molar-refractivity contribution in [3.8, 4) is 0 Å². The SMILES string of the molecule is COC(=O)C=C1SC(=Nc2ccccc2Cl)NC1=O. The maximum atomic E-state index is 11.6. The molecule has 98 valence electrons. The van der Waals surface area contributed by atoms with E-state index in [-0.39, 0.29) is 10.8 Å². The fourth-order valence-corrected chi connectivity index (χ4v) is 2.27. The second-order valence-electron chi connectivity index (χ2n) is 3.46. The van der Waals surface area contributed by atoms with Crippen LogP contribution >= 0.6 is 23.4 Å². The van der Waals surface area contributed by atoms with Gasteiger partial charge in [-0.15, -0.1) is 0 Å². The number of nitrogens with one attached hydrogen (secondary N) is 1. The van der Waals surface area contributed by atoms with Gasteiger partial charge in [-0.05, 0) is 23.9 Å². The van der Waals surface area contributed by atoms with E-state index >= 15 is 0 Å². The van der Waals surface area contributed by atoms with Crippen LogP contribution in [-0.2, 0) is 14.3 Å². The van der Waals surface area contributed by atoms with Crippen LogP contribution in [0.15, 0.2) is 40.2 Å². The van der Waals surface area contributed by atoms with Gasteiger partial charge in [0.2, 0.25) is 0 Å². The van der Waals surface area contributed by atoms with Crippen LogP contribution < -0.4 is 5.32 Å². The highest BCUT2D eigenvalue weighted by atomic mass is 35.5. The van der Waals surface area contributed by atoms with Gasteiger partial charge < -0.3 is 10.1 Å². The highest BCUT2D eigenvalue weighted by Gasteiger charge is 2.25. The molecular formula is C12H9ClN2O3S. The van der Waals surface area contributed by atoms with Gasteiger partial charge in [0.25, 0.3) is 5.91 Å². The van der Waals surface area contributed by atoms with Gasteiger partial charge in [-0.2, -0.15) is 0 Å². The van der Waals surface area contributed by atoms with Crippen LogP contribution in [0.25, 0.3) is 0 Å². The largest absolute Gasteiger partial charge is 0.466 e. The summed E-state index contributed by atoms with van der Waals surface area (Å²) in [5.41, 5.74) is 0.547. The molecule has 1 aromatic carbocycles. The molecular weight excluding hydrogens is 288 g/mol. The Morgan fingerprint density at radius 1 is 1.47 bits per heavy atom. The predicted octanol–water partition coefficient (Wildman–Crippen LogP) is 2.25. The lowest BCUT2D eigenvalue weighted by atomic mass is 10.3. The smallest absolute Gasteiger partial charge is 0.331 e. The normalized spacial score (nSPS) is 18.7. The summed E-state index contributed by atoms with van der Waals surface area (Å²) in [7, 11) is 1.25. The fourth-order valence-electron chi connectivity index (χ4n) is 1.30. The standard InChI is InChI=1S/C12H9ClN2O3S/c1-18-10(16)6-9-11(17)15-12(19-9)14-8-5-3-2-4-7(8)13/h2-6H,1H3,(H,14,15,17). The Morgan fingerprint density at radius 2 is 2.21 bits per heavy atom. The molecule has 1 aliphatic rings. The molecule has 19 heavy (non-hydrogen) atoms. The number of thioether (sulfide) groups is 1. The monoisotopic (exact) mass is 296 g/mol. The van der Waals surface area contributed by atoms with Crippen molar-refractivity contribution in [1.29, 1.82) is 0 Å². The molecule has 1 saturated heterocycles. The maximum Gasteiger partial charge on any atom is 0.331 e. The predicted molar refractivity (Wildman–Crippen MR) is 74.4 cm³/mol. The lowest BCUT2D eigenvalue weighted by molar-refractivity contribution is -0.135. The second-order valence-corrected chi connectivity index (χ2v) is 4.89. The van der Waals surface area contributed by atoms with Crippen LogP contribution in [-0.4, -0.2) is 24.2 Å². The molecule has 2 rings (SSSR count). The Morgan fingerprint density at radius 3 is 2.89 bits per heavy atom. The molecule has 0 aromatic heterocycles. The summed E-state index contributed by atoms with van der Waals surface area (Å²) >= 11 is 7.02. The molecule has 0 atom stereocenters. The first-order valence-electron chi connectivity index (χ1n) is 5.22. The van der Waals surface area contributed by atoms with Gasteiger partial charge in [0.1, 0.15) is 0 Å². The van der Waals surface area contributed by atoms with E-state index in [1.807, 2.05) is 0 Å². The van der Waals surface area contributed by atoms with Gasteiger partial charge in [-0.25, -0.2) is 9.79 Å². The molecule has 0 spiro atoms. The van der Waals surface area contributed by atoms with Gasteiger partial charge in [0, 0.05) is 6.08 Å². The summed E-state index contributed by atoms with van der Waals surface area (Å²) in [6, 6.07) is 7.00. The molecule has 0 aliphatic carbocycles. The average molecular weight is 297 g/mol. The number of aliphatic imine (C=N–C) groups is 1. The van der Waals surface area contributed by atoms with Crippen LogP contribution in [0.3, 0.4) is 0 Å². The van der Waals surface area contributed by atoms with E-state index < -0.39 is 5.97 Å². The average Bonchev–Trinajstić information content (AvgIpc) is 2.72. The maximum absolute atomic E-state index is 11.6. The van der Waals surface area contributed by atoms with Crippen LogP contribution in [0, 0.1) is 0 Å². The Kier molecular flexibility index (Phi) is 4.24. The molecule has 1 aromatic rings. The first-order valence-corrected chi connectivity index (χ1v) is 6.41. The van der Waals surface area contributed by atoms with E-state index in [4.69, 9.17) is 11.6 Å². The van der Waals surface area contributed by atoms with Crippen LogP contribution in [0.4, 0.5) is 5.69 Å². The van der Waals surface area contributed by atoms with Gasteiger partial charge in [0.05, 0.1) is 22.7 Å². The van der Waals surface area contributed by atoms with Crippen molar-refractivity contribution >= 4 is 46.1 Å². The Bertz CT molecular complexity index is 598. The minimum Gasteiger partial charge on any atom is -0.466 e. The number of nitrogens with zero attached hydrogens (tertiary/aromatic N) is 1. The number of hydrogen-bond donors (Lipinski definition) is 1. The summed E-state index contributed by atoms with van der Waals surface area (Å²) in [5, 5.41) is 3.40. The number of carbonyl (C=O) groups is 2. The second kappa shape index (κ2) is 5.90. The summed E-state index contributed by atoms with van der Waals surface area (Å²) in [5.74, 6) is -0.974. The highest BCUT2D eigenvalue weighted by Crippen LogP contribution is 2.29. The lowest BCUT2D eigenvalue weighted by Gasteiger charge is -1.98. The minimum absolute atomic E-state index is 0.234. The number of rotatable bonds is 2. The molecule has 0 saturated carbocycles. The van der Waals surface area contributed by atoms with Gasteiger partial charge in [-0.1, -0.05) is 23.7 Å². The van der Waals surface area contributed by atoms with Crippen molar-refractivity contribution in [3.05, 3.63) is 40.3 Å². The number of ether oxygens (including phenoxy) is 1. The zero-order valence-electron chi connectivity index (χ0n) is 9.84. The van der Waals surface area contributed by atoms with Gasteiger partial charge in [-0.3, -0.25) is 4.79 Å². The van der Waals surface area contributed by atoms with E-state index in [1.165, 1.54) is 7.11 Å². The van der Waals surface area contributed by atoms with Crippen molar-refractivity contribution in [2.24, 2.45) is 4.99 Å². The zero-order chi connectivity index (χ0) is 13.8. The molecule has 1 fully saturated rings. The number of halogens is 1. The number of amidine groups is 1. The summed E-state index contributed by atoms with van der Waals surface area (Å²) in [4.78, 5) is 27.1. The molecule has 1 amide bonds. The van der Waals surface area contributed by atoms with Gasteiger partial charge in [0.15, 0.2) is 5.17 Å². The van der Waals surface area contributed by atoms with Crippen molar-refractivity contribution in [3.63, 3.8) is 0 Å². The van der Waals surface area contributed by atoms with E-state index in [0.717, 1.165) is 17.8 Å². The third-order valence-corrected chi connectivity index (χ3v) is 3.40. The third kappa shape index (κ3) is 3.36. The number of esters is 1. The molecule has 1 aliphatic heterocycles. The van der Waals surface area contributed by atoms with Crippen molar-refractivity contribution in [2.75, 3.05) is 7.11 Å². The van der Waals surface area contributed by atoms with Gasteiger partial charge >= 0.3 is 5.97 Å². The summed E-state index contributed by atoms with van der Waals surface area (Å²) < 4.78 is 4.46. The Labute approximate surface area is 118 Å². The molecule has 1 N–H and O–H groups in total. The first-order chi connectivity index (χ1) is 9.10. The van der Waals surface area contributed by atoms with E-state index in [1.54, 1.807) is 24.3 Å². The quantitative estimate of drug-likeness (QED) is 0.671. The number of hydrogen-bond acceptors (Lipinski definition) is 5. The van der Waals surface area contributed by atoms with E-state index in [9.17, 15) is 9.59 Å². The Hall–Kier alpha value is -1.79. The van der Waals surface area contributed by atoms with E-state index in [0.29, 0.717) is 15.9 Å². The van der Waals surface area contributed by atoms with E-state index in [2.05, 4.69) is 15.0 Å². The van der Waals surface area contributed by atoms with Crippen molar-refractivity contribution in [2.45, 2.75) is 0 Å². The van der Waals surface area contributed by atoms with Crippen LogP contribution in [0.5, 0.6) is 0 Å². The molecule has 0 bridgehead atoms. The molecule has 7 heteroatoms. The molecule has 1 heterocycles. The lowest BCUT2D eigenvalue weighted by Crippen LogP contribution is -2.19. The highest BCUT2D eigenvalue weighted by molar-refractivity contribution is 8.18. The van der Waals surface area contributed by atoms with Crippen molar-refractivity contribution in [1.82, 2.24) is 5.32 Å². The molecule has 0 radical (unpaired) electrons. The van der Waals surface area contributed by atoms with Crippen LogP contribution in [0.2, 0.25) is 5.02 Å². The molecule has 5 nitrogen and oxygen atoms in total. The number of amides is 1. The zero-order valence-corrected chi connectivity index (χ0v) is 11.4. The number of methoxy groups -OCH3 is 1. The topological polar surface area (TPSA) is 67.8 Å².